The highest BCUT2D eigenvalue weighted by atomic mass is 16.5. The van der Waals surface area contributed by atoms with Gasteiger partial charge in [-0.05, 0) is 19.1 Å². The fourth-order valence-corrected chi connectivity index (χ4v) is 2.23. The van der Waals surface area contributed by atoms with E-state index in [-0.39, 0.29) is 24.9 Å². The molecule has 0 unspecified atom stereocenters. The highest BCUT2D eigenvalue weighted by molar-refractivity contribution is 6.00. The first-order valence-corrected chi connectivity index (χ1v) is 7.69. The minimum atomic E-state index is -0.382. The molecule has 0 atom stereocenters. The van der Waals surface area contributed by atoms with Crippen molar-refractivity contribution in [1.82, 2.24) is 10.1 Å². The Morgan fingerprint density at radius 2 is 2.04 bits per heavy atom. The van der Waals surface area contributed by atoms with E-state index in [2.05, 4.69) is 10.5 Å². The fraction of sp³-hybridized carbons (Fsp3) is 0.353. The van der Waals surface area contributed by atoms with E-state index < -0.39 is 0 Å². The Labute approximate surface area is 145 Å². The number of hydrogen-bond acceptors (Lipinski definition) is 6. The summed E-state index contributed by atoms with van der Waals surface area (Å²) in [5.41, 5.74) is 0.381. The lowest BCUT2D eigenvalue weighted by Crippen LogP contribution is -2.40. The monoisotopic (exact) mass is 347 g/mol. The van der Waals surface area contributed by atoms with Gasteiger partial charge in [-0.25, -0.2) is 0 Å². The number of ether oxygens (including phenoxy) is 2. The van der Waals surface area contributed by atoms with Crippen molar-refractivity contribution in [1.29, 1.82) is 0 Å². The van der Waals surface area contributed by atoms with E-state index in [9.17, 15) is 9.59 Å². The second-order valence-corrected chi connectivity index (χ2v) is 5.29. The number of hydrogen-bond donors (Lipinski definition) is 1. The zero-order valence-electron chi connectivity index (χ0n) is 14.4. The molecule has 1 aromatic carbocycles. The smallest absolute Gasteiger partial charge is 0.258 e. The molecule has 0 aliphatic heterocycles. The van der Waals surface area contributed by atoms with Gasteiger partial charge >= 0.3 is 0 Å². The van der Waals surface area contributed by atoms with Crippen molar-refractivity contribution in [2.75, 3.05) is 39.2 Å². The second-order valence-electron chi connectivity index (χ2n) is 5.29. The van der Waals surface area contributed by atoms with Crippen LogP contribution in [-0.2, 0) is 9.53 Å². The Morgan fingerprint density at radius 1 is 1.28 bits per heavy atom. The van der Waals surface area contributed by atoms with Gasteiger partial charge in [0.2, 0.25) is 5.91 Å². The zero-order valence-corrected chi connectivity index (χ0v) is 14.4. The van der Waals surface area contributed by atoms with Gasteiger partial charge in [0.05, 0.1) is 19.3 Å². The number of benzene rings is 1. The highest BCUT2D eigenvalue weighted by Gasteiger charge is 2.22. The third-order valence-electron chi connectivity index (χ3n) is 3.42. The lowest BCUT2D eigenvalue weighted by molar-refractivity contribution is -0.117. The van der Waals surface area contributed by atoms with Crippen molar-refractivity contribution in [3.05, 3.63) is 41.7 Å². The molecule has 2 aromatic rings. The molecule has 1 N–H and O–H groups in total. The van der Waals surface area contributed by atoms with Crippen LogP contribution in [0, 0.1) is 6.92 Å². The van der Waals surface area contributed by atoms with E-state index in [0.717, 1.165) is 0 Å². The lowest BCUT2D eigenvalue weighted by Gasteiger charge is -2.22. The summed E-state index contributed by atoms with van der Waals surface area (Å²) in [6.45, 7) is 2.14. The van der Waals surface area contributed by atoms with Crippen LogP contribution in [0.3, 0.4) is 0 Å². The Bertz CT molecular complexity index is 729. The minimum absolute atomic E-state index is 0.147. The summed E-state index contributed by atoms with van der Waals surface area (Å²) >= 11 is 0. The number of para-hydroxylation sites is 1. The van der Waals surface area contributed by atoms with Gasteiger partial charge in [0.1, 0.15) is 18.1 Å². The van der Waals surface area contributed by atoms with E-state index in [1.54, 1.807) is 37.3 Å². The molecule has 0 aliphatic carbocycles. The van der Waals surface area contributed by atoms with Gasteiger partial charge < -0.3 is 24.2 Å². The van der Waals surface area contributed by atoms with E-state index in [1.807, 2.05) is 0 Å². The van der Waals surface area contributed by atoms with Gasteiger partial charge in [-0.1, -0.05) is 17.3 Å². The summed E-state index contributed by atoms with van der Waals surface area (Å²) in [4.78, 5) is 26.4. The molecular formula is C17H21N3O5. The molecule has 8 nitrogen and oxygen atoms in total. The summed E-state index contributed by atoms with van der Waals surface area (Å²) < 4.78 is 15.2. The van der Waals surface area contributed by atoms with Crippen LogP contribution < -0.4 is 10.1 Å². The fourth-order valence-electron chi connectivity index (χ4n) is 2.23. The van der Waals surface area contributed by atoms with Crippen LogP contribution in [0.5, 0.6) is 5.75 Å². The normalized spacial score (nSPS) is 10.4. The van der Waals surface area contributed by atoms with Crippen LogP contribution >= 0.6 is 0 Å². The molecule has 2 rings (SSSR count). The van der Waals surface area contributed by atoms with Crippen LogP contribution in [0.4, 0.5) is 5.82 Å². The lowest BCUT2D eigenvalue weighted by atomic mass is 10.1. The number of methoxy groups -OCH3 is 2. The molecular weight excluding hydrogens is 326 g/mol. The quantitative estimate of drug-likeness (QED) is 0.781. The number of nitrogens with zero attached hydrogens (tertiary/aromatic N) is 2. The topological polar surface area (TPSA) is 93.9 Å². The Kier molecular flexibility index (Phi) is 6.53. The first-order valence-electron chi connectivity index (χ1n) is 7.69. The van der Waals surface area contributed by atoms with Gasteiger partial charge in [-0.3, -0.25) is 9.59 Å². The van der Waals surface area contributed by atoms with Crippen LogP contribution in [0.15, 0.2) is 34.9 Å². The molecule has 8 heteroatoms. The van der Waals surface area contributed by atoms with Crippen LogP contribution in [-0.4, -0.2) is 55.8 Å². The van der Waals surface area contributed by atoms with Crippen molar-refractivity contribution >= 4 is 17.6 Å². The van der Waals surface area contributed by atoms with E-state index in [4.69, 9.17) is 14.0 Å². The van der Waals surface area contributed by atoms with Gasteiger partial charge in [0, 0.05) is 19.7 Å². The Morgan fingerprint density at radius 3 is 2.68 bits per heavy atom. The van der Waals surface area contributed by atoms with Crippen molar-refractivity contribution in [2.24, 2.45) is 0 Å². The van der Waals surface area contributed by atoms with E-state index >= 15 is 0 Å². The largest absolute Gasteiger partial charge is 0.496 e. The Hall–Kier alpha value is -2.87. The maximum absolute atomic E-state index is 12.8. The number of anilines is 1. The first kappa shape index (κ1) is 18.5. The van der Waals surface area contributed by atoms with E-state index in [0.29, 0.717) is 29.5 Å². The molecule has 0 saturated heterocycles. The summed E-state index contributed by atoms with van der Waals surface area (Å²) in [7, 11) is 3.02. The number of rotatable bonds is 8. The molecule has 0 radical (unpaired) electrons. The summed E-state index contributed by atoms with van der Waals surface area (Å²) in [5, 5.41) is 6.30. The standard InChI is InChI=1S/C17H21N3O5/c1-12-10-15(19-25-12)18-16(21)11-20(8-9-23-2)17(22)13-6-4-5-7-14(13)24-3/h4-7,10H,8-9,11H2,1-3H3,(H,18,19,21). The molecule has 0 saturated carbocycles. The molecule has 2 amide bonds. The number of aromatic nitrogens is 1. The van der Waals surface area contributed by atoms with Crippen molar-refractivity contribution < 1.29 is 23.6 Å². The zero-order chi connectivity index (χ0) is 18.2. The average Bonchev–Trinajstić information content (AvgIpc) is 3.02. The molecule has 25 heavy (non-hydrogen) atoms. The predicted octanol–water partition coefficient (Wildman–Crippen LogP) is 1.72. The maximum Gasteiger partial charge on any atom is 0.258 e. The van der Waals surface area contributed by atoms with Gasteiger partial charge in [0.25, 0.3) is 5.91 Å². The third-order valence-corrected chi connectivity index (χ3v) is 3.42. The van der Waals surface area contributed by atoms with Gasteiger partial charge in [-0.15, -0.1) is 0 Å². The average molecular weight is 347 g/mol. The predicted molar refractivity (Wildman–Crippen MR) is 90.6 cm³/mol. The molecule has 0 bridgehead atoms. The number of amides is 2. The molecule has 0 spiro atoms. The molecule has 0 fully saturated rings. The maximum atomic E-state index is 12.8. The molecule has 1 aromatic heterocycles. The van der Waals surface area contributed by atoms with Crippen molar-refractivity contribution in [3.8, 4) is 5.75 Å². The summed E-state index contributed by atoms with van der Waals surface area (Å²) in [5.74, 6) is 0.631. The minimum Gasteiger partial charge on any atom is -0.496 e. The summed E-state index contributed by atoms with van der Waals surface area (Å²) in [6, 6.07) is 8.45. The number of carbonyl (C=O) groups is 2. The summed E-state index contributed by atoms with van der Waals surface area (Å²) in [6.07, 6.45) is 0. The molecule has 1 heterocycles. The number of nitrogens with one attached hydrogen (secondary N) is 1. The molecule has 0 aliphatic rings. The number of carbonyl (C=O) groups excluding carboxylic acids is 2. The van der Waals surface area contributed by atoms with E-state index in [1.165, 1.54) is 19.1 Å². The molecule has 134 valence electrons. The third kappa shape index (κ3) is 5.05. The highest BCUT2D eigenvalue weighted by Crippen LogP contribution is 2.19. The van der Waals surface area contributed by atoms with Crippen LogP contribution in [0.1, 0.15) is 16.1 Å². The Balaban J connectivity index is 2.11. The first-order chi connectivity index (χ1) is 12.0. The second kappa shape index (κ2) is 8.84. The van der Waals surface area contributed by atoms with Crippen molar-refractivity contribution in [3.63, 3.8) is 0 Å². The van der Waals surface area contributed by atoms with Gasteiger partial charge in [0.15, 0.2) is 5.82 Å². The SMILES string of the molecule is COCCN(CC(=O)Nc1cc(C)on1)C(=O)c1ccccc1OC. The number of aryl methyl sites for hydroxylation is 1. The van der Waals surface area contributed by atoms with Gasteiger partial charge in [-0.2, -0.15) is 0 Å². The van der Waals surface area contributed by atoms with Crippen molar-refractivity contribution in [2.45, 2.75) is 6.92 Å². The van der Waals surface area contributed by atoms with Crippen LogP contribution in [0.2, 0.25) is 0 Å². The van der Waals surface area contributed by atoms with Crippen LogP contribution in [0.25, 0.3) is 0 Å².